The summed E-state index contributed by atoms with van der Waals surface area (Å²) >= 11 is 1.37. The molecule has 0 unspecified atom stereocenters. The molecule has 1 aliphatic rings. The number of nitrogens with zero attached hydrogens (tertiary/aromatic N) is 4. The van der Waals surface area contributed by atoms with E-state index in [4.69, 9.17) is 4.74 Å². The Morgan fingerprint density at radius 2 is 1.83 bits per heavy atom. The molecule has 0 aliphatic carbocycles. The highest BCUT2D eigenvalue weighted by molar-refractivity contribution is 7.99. The van der Waals surface area contributed by atoms with Crippen LogP contribution in [0.5, 0.6) is 5.75 Å². The molecule has 0 fully saturated rings. The van der Waals surface area contributed by atoms with Gasteiger partial charge in [0.15, 0.2) is 10.9 Å². The molecule has 2 aromatic carbocycles. The first-order valence-corrected chi connectivity index (χ1v) is 10.7. The largest absolute Gasteiger partial charge is 0.495 e. The van der Waals surface area contributed by atoms with Gasteiger partial charge in [0, 0.05) is 29.9 Å². The third kappa shape index (κ3) is 3.50. The van der Waals surface area contributed by atoms with E-state index in [1.54, 1.807) is 19.5 Å². The lowest BCUT2D eigenvalue weighted by atomic mass is 9.83. The average molecular weight is 421 g/mol. The third-order valence-corrected chi connectivity index (χ3v) is 6.41. The summed E-state index contributed by atoms with van der Waals surface area (Å²) < 4.78 is 7.27. The van der Waals surface area contributed by atoms with Crippen molar-refractivity contribution in [3.05, 3.63) is 72.2 Å². The van der Waals surface area contributed by atoms with Gasteiger partial charge in [-0.15, -0.1) is 10.2 Å². The number of benzene rings is 2. The minimum absolute atomic E-state index is 0.0392. The van der Waals surface area contributed by atoms with Gasteiger partial charge in [0.25, 0.3) is 0 Å². The normalized spacial score (nSPS) is 16.0. The summed E-state index contributed by atoms with van der Waals surface area (Å²) in [6.07, 6.45) is 3.39. The van der Waals surface area contributed by atoms with Crippen molar-refractivity contribution >= 4 is 23.2 Å². The quantitative estimate of drug-likeness (QED) is 0.439. The molecular weight excluding hydrogens is 396 g/mol. The van der Waals surface area contributed by atoms with Crippen LogP contribution in [-0.2, 0) is 10.2 Å². The molecule has 30 heavy (non-hydrogen) atoms. The highest BCUT2D eigenvalue weighted by Gasteiger charge is 2.38. The number of anilines is 1. The van der Waals surface area contributed by atoms with Crippen LogP contribution in [0.25, 0.3) is 5.69 Å². The van der Waals surface area contributed by atoms with Crippen LogP contribution in [-0.4, -0.2) is 40.5 Å². The molecule has 3 aromatic rings. The molecule has 0 atom stereocenters. The Balaban J connectivity index is 1.53. The molecule has 0 amide bonds. The summed E-state index contributed by atoms with van der Waals surface area (Å²) in [5, 5.41) is 8.85. The number of hydrogen-bond acceptors (Lipinski definition) is 6. The number of carbonyl (C=O) groups is 1. The number of ether oxygens (including phenoxy) is 1. The fourth-order valence-electron chi connectivity index (χ4n) is 3.91. The van der Waals surface area contributed by atoms with Gasteiger partial charge in [-0.25, -0.2) is 0 Å². The maximum Gasteiger partial charge on any atom is 0.196 e. The van der Waals surface area contributed by atoms with Crippen LogP contribution >= 0.6 is 11.8 Å². The molecule has 6 nitrogen and oxygen atoms in total. The van der Waals surface area contributed by atoms with Gasteiger partial charge in [0.2, 0.25) is 0 Å². The van der Waals surface area contributed by atoms with Gasteiger partial charge < -0.3 is 9.64 Å². The van der Waals surface area contributed by atoms with E-state index >= 15 is 0 Å². The number of carbonyl (C=O) groups excluding carboxylic acids is 1. The number of para-hydroxylation sites is 3. The number of ketones is 1. The summed E-state index contributed by atoms with van der Waals surface area (Å²) in [6.45, 7) is 4.31. The average Bonchev–Trinajstić information content (AvgIpc) is 3.30. The third-order valence-electron chi connectivity index (χ3n) is 5.44. The number of aromatic nitrogens is 3. The minimum Gasteiger partial charge on any atom is -0.495 e. The number of likely N-dealkylation sites (N-methyl/N-ethyl adjacent to an activating group) is 1. The molecule has 0 saturated carbocycles. The van der Waals surface area contributed by atoms with E-state index in [1.165, 1.54) is 17.3 Å². The number of fused-ring (bicyclic) bond motifs is 1. The molecule has 0 saturated heterocycles. The lowest BCUT2D eigenvalue weighted by molar-refractivity contribution is -0.112. The SMILES string of the molecule is COc1ccccc1-n1cnnc1SCC(=O)/C=C1/N(C)c2ccccc2C1(C)C. The lowest BCUT2D eigenvalue weighted by Gasteiger charge is -2.23. The van der Waals surface area contributed by atoms with Crippen LogP contribution in [0.1, 0.15) is 19.4 Å². The number of thioether (sulfide) groups is 1. The maximum atomic E-state index is 12.8. The van der Waals surface area contributed by atoms with Crippen LogP contribution in [0, 0.1) is 0 Å². The molecular formula is C23H24N4O2S. The monoisotopic (exact) mass is 420 g/mol. The zero-order valence-electron chi connectivity index (χ0n) is 17.5. The van der Waals surface area contributed by atoms with E-state index < -0.39 is 0 Å². The molecule has 0 radical (unpaired) electrons. The second-order valence-corrected chi connectivity index (χ2v) is 8.58. The van der Waals surface area contributed by atoms with Crippen LogP contribution in [0.3, 0.4) is 0 Å². The fourth-order valence-corrected chi connectivity index (χ4v) is 4.65. The van der Waals surface area contributed by atoms with Crippen molar-refractivity contribution in [1.82, 2.24) is 14.8 Å². The molecule has 0 spiro atoms. The van der Waals surface area contributed by atoms with E-state index in [0.29, 0.717) is 5.16 Å². The Hall–Kier alpha value is -3.06. The molecule has 7 heteroatoms. The number of methoxy groups -OCH3 is 1. The highest BCUT2D eigenvalue weighted by Crippen LogP contribution is 2.46. The zero-order valence-corrected chi connectivity index (χ0v) is 18.3. The number of hydrogen-bond donors (Lipinski definition) is 0. The Labute approximate surface area is 180 Å². The van der Waals surface area contributed by atoms with Gasteiger partial charge in [-0.05, 0) is 23.8 Å². The van der Waals surface area contributed by atoms with E-state index in [1.807, 2.05) is 48.0 Å². The van der Waals surface area contributed by atoms with E-state index in [9.17, 15) is 4.79 Å². The van der Waals surface area contributed by atoms with Gasteiger partial charge in [-0.3, -0.25) is 9.36 Å². The second kappa shape index (κ2) is 7.99. The van der Waals surface area contributed by atoms with Gasteiger partial charge in [-0.1, -0.05) is 55.9 Å². The summed E-state index contributed by atoms with van der Waals surface area (Å²) in [5.74, 6) is 1.04. The van der Waals surface area contributed by atoms with E-state index in [-0.39, 0.29) is 17.0 Å². The van der Waals surface area contributed by atoms with Crippen molar-refractivity contribution in [2.45, 2.75) is 24.4 Å². The van der Waals surface area contributed by atoms with E-state index in [0.717, 1.165) is 22.8 Å². The van der Waals surface area contributed by atoms with Gasteiger partial charge >= 0.3 is 0 Å². The first kappa shape index (κ1) is 20.2. The minimum atomic E-state index is -0.219. The molecule has 4 rings (SSSR count). The molecule has 2 heterocycles. The van der Waals surface area contributed by atoms with Crippen molar-refractivity contribution in [3.63, 3.8) is 0 Å². The molecule has 1 aliphatic heterocycles. The van der Waals surface area contributed by atoms with Crippen molar-refractivity contribution in [2.75, 3.05) is 24.8 Å². The second-order valence-electron chi connectivity index (χ2n) is 7.64. The molecule has 1 aromatic heterocycles. The van der Waals surface area contributed by atoms with Crippen molar-refractivity contribution in [3.8, 4) is 11.4 Å². The number of allylic oxidation sites excluding steroid dienone is 2. The standard InChI is InChI=1S/C23H24N4O2S/c1-23(2)17-9-5-6-10-18(17)26(3)21(23)13-16(28)14-30-22-25-24-15-27(22)19-11-7-8-12-20(19)29-4/h5-13,15H,14H2,1-4H3/b21-13+. The van der Waals surface area contributed by atoms with Gasteiger partial charge in [0.1, 0.15) is 12.1 Å². The molecule has 0 N–H and O–H groups in total. The first-order chi connectivity index (χ1) is 14.4. The fraction of sp³-hybridized carbons (Fsp3) is 0.261. The smallest absolute Gasteiger partial charge is 0.196 e. The van der Waals surface area contributed by atoms with Gasteiger partial charge in [-0.2, -0.15) is 0 Å². The van der Waals surface area contributed by atoms with Crippen LogP contribution in [0.2, 0.25) is 0 Å². The number of rotatable bonds is 6. The van der Waals surface area contributed by atoms with Crippen LogP contribution in [0.15, 0.2) is 71.8 Å². The lowest BCUT2D eigenvalue weighted by Crippen LogP contribution is -2.24. The maximum absolute atomic E-state index is 12.8. The Kier molecular flexibility index (Phi) is 5.39. The van der Waals surface area contributed by atoms with Crippen molar-refractivity contribution in [1.29, 1.82) is 0 Å². The Morgan fingerprint density at radius 1 is 1.13 bits per heavy atom. The molecule has 154 valence electrons. The van der Waals surface area contributed by atoms with Crippen LogP contribution in [0.4, 0.5) is 5.69 Å². The highest BCUT2D eigenvalue weighted by atomic mass is 32.2. The zero-order chi connectivity index (χ0) is 21.3. The Bertz CT molecular complexity index is 1120. The van der Waals surface area contributed by atoms with Gasteiger partial charge in [0.05, 0.1) is 18.6 Å². The predicted molar refractivity (Wildman–Crippen MR) is 120 cm³/mol. The summed E-state index contributed by atoms with van der Waals surface area (Å²) in [6, 6.07) is 15.9. The summed E-state index contributed by atoms with van der Waals surface area (Å²) in [4.78, 5) is 14.9. The van der Waals surface area contributed by atoms with E-state index in [2.05, 4.69) is 41.1 Å². The Morgan fingerprint density at radius 3 is 2.57 bits per heavy atom. The summed E-state index contributed by atoms with van der Waals surface area (Å²) in [7, 11) is 3.64. The molecule has 0 bridgehead atoms. The predicted octanol–water partition coefficient (Wildman–Crippen LogP) is 4.25. The van der Waals surface area contributed by atoms with Crippen LogP contribution < -0.4 is 9.64 Å². The first-order valence-electron chi connectivity index (χ1n) is 9.68. The topological polar surface area (TPSA) is 60.2 Å². The summed E-state index contributed by atoms with van der Waals surface area (Å²) in [5.41, 5.74) is 3.99. The van der Waals surface area contributed by atoms with Crippen molar-refractivity contribution in [2.24, 2.45) is 0 Å². The van der Waals surface area contributed by atoms with Crippen molar-refractivity contribution < 1.29 is 9.53 Å².